The van der Waals surface area contributed by atoms with Gasteiger partial charge in [0.05, 0.1) is 19.4 Å². The molecule has 19 heteroatoms. The summed E-state index contributed by atoms with van der Waals surface area (Å²) in [7, 11) is 0. The van der Waals surface area contributed by atoms with E-state index >= 15 is 0 Å². The number of nitrogens with one attached hydrogen (secondary N) is 5. The van der Waals surface area contributed by atoms with Crippen molar-refractivity contribution in [2.45, 2.75) is 82.2 Å². The average Bonchev–Trinajstić information content (AvgIpc) is 2.90. The molecule has 0 bridgehead atoms. The van der Waals surface area contributed by atoms with Gasteiger partial charge in [0, 0.05) is 0 Å². The molecule has 0 aliphatic carbocycles. The van der Waals surface area contributed by atoms with Crippen LogP contribution >= 0.6 is 0 Å². The molecule has 0 unspecified atom stereocenters. The lowest BCUT2D eigenvalue weighted by molar-refractivity contribution is -0.141. The summed E-state index contributed by atoms with van der Waals surface area (Å²) in [5, 5.41) is 29.1. The third-order valence-corrected chi connectivity index (χ3v) is 5.67. The van der Waals surface area contributed by atoms with E-state index in [-0.39, 0.29) is 13.0 Å². The molecule has 0 aromatic rings. The van der Waals surface area contributed by atoms with Gasteiger partial charge >= 0.3 is 5.97 Å². The van der Waals surface area contributed by atoms with Crippen LogP contribution in [0.2, 0.25) is 0 Å². The second-order valence-corrected chi connectivity index (χ2v) is 9.40. The standard InChI is InChI=1S/C23H41N9O10/c1-10(18(36)29-11(2)23(41)42)28-21(39)14(7-16(26)34)32-22(40)15(8-17(27)35)31-20(38)13(5-3-4-6-24)30-19(37)12(25)9-33/h10-15,33H,3-9,24-25H2,1-2H3,(H2,26,34)(H2,27,35)(H,28,39)(H,29,36)(H,30,37)(H,31,38)(H,32,40)(H,41,42)/t10-,11-,12-,13-,14-,15-/m0/s1. The SMILES string of the molecule is C[C@H](NC(=O)[C@H](C)NC(=O)[C@H](CC(N)=O)NC(=O)[C@H](CC(N)=O)NC(=O)[C@H](CCCCN)NC(=O)[C@@H](N)CO)C(=O)O. The first-order valence-corrected chi connectivity index (χ1v) is 12.9. The van der Waals surface area contributed by atoms with Gasteiger partial charge in [0.1, 0.15) is 36.3 Å². The van der Waals surface area contributed by atoms with E-state index in [0.29, 0.717) is 12.8 Å². The lowest BCUT2D eigenvalue weighted by Crippen LogP contribution is -2.60. The van der Waals surface area contributed by atoms with Crippen LogP contribution in [0.5, 0.6) is 0 Å². The highest BCUT2D eigenvalue weighted by Crippen LogP contribution is 2.05. The predicted molar refractivity (Wildman–Crippen MR) is 144 cm³/mol. The Hall–Kier alpha value is -4.36. The second kappa shape index (κ2) is 18.9. The number of hydrogen-bond donors (Lipinski definition) is 11. The molecule has 0 saturated carbocycles. The molecule has 19 nitrogen and oxygen atoms in total. The zero-order valence-corrected chi connectivity index (χ0v) is 23.4. The van der Waals surface area contributed by atoms with E-state index in [1.54, 1.807) is 0 Å². The van der Waals surface area contributed by atoms with Crippen LogP contribution in [0, 0.1) is 0 Å². The smallest absolute Gasteiger partial charge is 0.325 e. The first kappa shape index (κ1) is 37.6. The van der Waals surface area contributed by atoms with E-state index in [4.69, 9.17) is 33.1 Å². The van der Waals surface area contributed by atoms with Crippen molar-refractivity contribution in [2.75, 3.05) is 13.2 Å². The summed E-state index contributed by atoms with van der Waals surface area (Å²) < 4.78 is 0. The number of amides is 7. The number of unbranched alkanes of at least 4 members (excludes halogenated alkanes) is 1. The van der Waals surface area contributed by atoms with E-state index in [1.165, 1.54) is 13.8 Å². The predicted octanol–water partition coefficient (Wildman–Crippen LogP) is -6.27. The van der Waals surface area contributed by atoms with Crippen molar-refractivity contribution < 1.29 is 48.6 Å². The Bertz CT molecular complexity index is 1010. The largest absolute Gasteiger partial charge is 0.480 e. The molecule has 0 heterocycles. The molecule has 0 rings (SSSR count). The number of nitrogens with two attached hydrogens (primary N) is 4. The second-order valence-electron chi connectivity index (χ2n) is 9.40. The molecule has 0 radical (unpaired) electrons. The molecular formula is C23H41N9O10. The van der Waals surface area contributed by atoms with Crippen LogP contribution in [-0.2, 0) is 38.4 Å². The number of carboxylic acids is 1. The Labute approximate surface area is 241 Å². The average molecular weight is 604 g/mol. The molecule has 42 heavy (non-hydrogen) atoms. The first-order valence-electron chi connectivity index (χ1n) is 12.9. The summed E-state index contributed by atoms with van der Waals surface area (Å²) >= 11 is 0. The van der Waals surface area contributed by atoms with Crippen molar-refractivity contribution in [3.05, 3.63) is 0 Å². The summed E-state index contributed by atoms with van der Waals surface area (Å²) in [6.07, 6.45) is -0.620. The number of carbonyl (C=O) groups is 8. The number of hydrogen-bond acceptors (Lipinski definition) is 11. The molecule has 0 aliphatic rings. The molecule has 0 aromatic heterocycles. The van der Waals surface area contributed by atoms with Crippen molar-refractivity contribution in [1.82, 2.24) is 26.6 Å². The lowest BCUT2D eigenvalue weighted by Gasteiger charge is -2.25. The van der Waals surface area contributed by atoms with Crippen molar-refractivity contribution in [3.8, 4) is 0 Å². The number of rotatable bonds is 20. The Morgan fingerprint density at radius 1 is 0.643 bits per heavy atom. The van der Waals surface area contributed by atoms with Gasteiger partial charge in [-0.05, 0) is 39.7 Å². The van der Waals surface area contributed by atoms with Gasteiger partial charge in [-0.2, -0.15) is 0 Å². The van der Waals surface area contributed by atoms with E-state index < -0.39 is 103 Å². The normalized spacial score (nSPS) is 15.0. The number of aliphatic hydroxyl groups excluding tert-OH is 1. The van der Waals surface area contributed by atoms with Gasteiger partial charge < -0.3 is 59.7 Å². The number of carbonyl (C=O) groups excluding carboxylic acids is 7. The van der Waals surface area contributed by atoms with Crippen molar-refractivity contribution in [3.63, 3.8) is 0 Å². The van der Waals surface area contributed by atoms with Crippen molar-refractivity contribution in [2.24, 2.45) is 22.9 Å². The van der Waals surface area contributed by atoms with Gasteiger partial charge in [-0.25, -0.2) is 0 Å². The molecule has 7 amide bonds. The summed E-state index contributed by atoms with van der Waals surface area (Å²) in [6, 6.07) is -8.56. The summed E-state index contributed by atoms with van der Waals surface area (Å²) in [5.41, 5.74) is 21.3. The van der Waals surface area contributed by atoms with Crippen LogP contribution in [-0.4, -0.2) is 107 Å². The Balaban J connectivity index is 5.79. The van der Waals surface area contributed by atoms with Gasteiger partial charge in [0.2, 0.25) is 41.4 Å². The zero-order chi connectivity index (χ0) is 32.6. The lowest BCUT2D eigenvalue weighted by atomic mass is 10.1. The fourth-order valence-corrected chi connectivity index (χ4v) is 3.27. The van der Waals surface area contributed by atoms with Gasteiger partial charge in [-0.1, -0.05) is 0 Å². The molecule has 0 fully saturated rings. The number of aliphatic carboxylic acids is 1. The maximum Gasteiger partial charge on any atom is 0.325 e. The van der Waals surface area contributed by atoms with Crippen LogP contribution in [0.4, 0.5) is 0 Å². The van der Waals surface area contributed by atoms with E-state index in [1.807, 2.05) is 0 Å². The molecule has 0 spiro atoms. The molecule has 0 saturated heterocycles. The highest BCUT2D eigenvalue weighted by atomic mass is 16.4. The quantitative estimate of drug-likeness (QED) is 0.0579. The van der Waals surface area contributed by atoms with E-state index in [2.05, 4.69) is 26.6 Å². The highest BCUT2D eigenvalue weighted by molar-refractivity contribution is 5.98. The molecule has 15 N–H and O–H groups in total. The fourth-order valence-electron chi connectivity index (χ4n) is 3.27. The topological polar surface area (TPSA) is 341 Å². The van der Waals surface area contributed by atoms with Crippen LogP contribution in [0.3, 0.4) is 0 Å². The van der Waals surface area contributed by atoms with Crippen molar-refractivity contribution >= 4 is 47.3 Å². The van der Waals surface area contributed by atoms with Gasteiger partial charge in [-0.3, -0.25) is 38.4 Å². The first-order chi connectivity index (χ1) is 19.5. The maximum atomic E-state index is 13.0. The maximum absolute atomic E-state index is 13.0. The molecule has 238 valence electrons. The number of aliphatic hydroxyl groups is 1. The van der Waals surface area contributed by atoms with Crippen LogP contribution in [0.1, 0.15) is 46.0 Å². The minimum Gasteiger partial charge on any atom is -0.480 e. The van der Waals surface area contributed by atoms with Gasteiger partial charge in [0.25, 0.3) is 0 Å². The Morgan fingerprint density at radius 2 is 1.07 bits per heavy atom. The Kier molecular flexibility index (Phi) is 16.9. The molecule has 0 aliphatic heterocycles. The summed E-state index contributed by atoms with van der Waals surface area (Å²) in [4.78, 5) is 97.4. The van der Waals surface area contributed by atoms with E-state index in [0.717, 1.165) is 0 Å². The fraction of sp³-hybridized carbons (Fsp3) is 0.652. The molecule has 0 aromatic carbocycles. The minimum absolute atomic E-state index is 0.0466. The molecule has 6 atom stereocenters. The monoisotopic (exact) mass is 603 g/mol. The zero-order valence-electron chi connectivity index (χ0n) is 23.4. The summed E-state index contributed by atoms with van der Waals surface area (Å²) in [5.74, 6) is -8.29. The highest BCUT2D eigenvalue weighted by Gasteiger charge is 2.32. The van der Waals surface area contributed by atoms with Crippen molar-refractivity contribution in [1.29, 1.82) is 0 Å². The summed E-state index contributed by atoms with van der Waals surface area (Å²) in [6.45, 7) is 1.97. The Morgan fingerprint density at radius 3 is 1.50 bits per heavy atom. The third-order valence-electron chi connectivity index (χ3n) is 5.67. The third kappa shape index (κ3) is 14.3. The van der Waals surface area contributed by atoms with Crippen LogP contribution in [0.25, 0.3) is 0 Å². The van der Waals surface area contributed by atoms with E-state index in [9.17, 15) is 38.4 Å². The van der Waals surface area contributed by atoms with Crippen LogP contribution < -0.4 is 49.5 Å². The minimum atomic E-state index is -1.68. The van der Waals surface area contributed by atoms with Crippen LogP contribution in [0.15, 0.2) is 0 Å². The van der Waals surface area contributed by atoms with Gasteiger partial charge in [-0.15, -0.1) is 0 Å². The number of carboxylic acid groups (broad SMARTS) is 1. The van der Waals surface area contributed by atoms with Gasteiger partial charge in [0.15, 0.2) is 0 Å². The molecular weight excluding hydrogens is 562 g/mol. The number of primary amides is 2.